The van der Waals surface area contributed by atoms with Crippen molar-refractivity contribution in [3.8, 4) is 0 Å². The standard InChI is InChI=1S/C18H18ClN5O/c19-14-6-8-15(9-7-14)20-18(25)23-10-3-4-13(12-23)17-22-21-16-5-1-2-11-24(16)17/h1-2,5-9,11,13H,3-4,10,12H2,(H,20,25)/t13-/m0/s1. The SMILES string of the molecule is O=C(Nc1ccc(Cl)cc1)N1CCC[C@H](c2nnc3ccccn23)C1. The van der Waals surface area contributed by atoms with Crippen LogP contribution in [0.15, 0.2) is 48.7 Å². The van der Waals surface area contributed by atoms with E-state index in [1.807, 2.05) is 33.7 Å². The number of carbonyl (C=O) groups excluding carboxylic acids is 1. The molecule has 3 aromatic rings. The van der Waals surface area contributed by atoms with Crippen molar-refractivity contribution in [2.75, 3.05) is 18.4 Å². The number of carbonyl (C=O) groups is 1. The van der Waals surface area contributed by atoms with Crippen LogP contribution in [-0.2, 0) is 0 Å². The molecule has 6 nitrogen and oxygen atoms in total. The van der Waals surface area contributed by atoms with Gasteiger partial charge in [0.05, 0.1) is 0 Å². The first-order valence-electron chi connectivity index (χ1n) is 8.32. The summed E-state index contributed by atoms with van der Waals surface area (Å²) in [4.78, 5) is 14.4. The highest BCUT2D eigenvalue weighted by molar-refractivity contribution is 6.30. The quantitative estimate of drug-likeness (QED) is 0.760. The second kappa shape index (κ2) is 6.72. The Morgan fingerprint density at radius 3 is 2.84 bits per heavy atom. The number of halogens is 1. The van der Waals surface area contributed by atoms with Crippen LogP contribution in [0.1, 0.15) is 24.6 Å². The number of fused-ring (bicyclic) bond motifs is 1. The Morgan fingerprint density at radius 1 is 1.16 bits per heavy atom. The molecule has 0 radical (unpaired) electrons. The number of piperidine rings is 1. The van der Waals surface area contributed by atoms with E-state index in [1.165, 1.54) is 0 Å². The Balaban J connectivity index is 1.49. The van der Waals surface area contributed by atoms with Gasteiger partial charge in [-0.15, -0.1) is 10.2 Å². The van der Waals surface area contributed by atoms with Crippen molar-refractivity contribution in [2.24, 2.45) is 0 Å². The lowest BCUT2D eigenvalue weighted by Crippen LogP contribution is -2.42. The summed E-state index contributed by atoms with van der Waals surface area (Å²) in [5.41, 5.74) is 1.57. The molecule has 1 fully saturated rings. The van der Waals surface area contributed by atoms with E-state index in [2.05, 4.69) is 15.5 Å². The largest absolute Gasteiger partial charge is 0.324 e. The van der Waals surface area contributed by atoms with E-state index in [0.717, 1.165) is 36.5 Å². The fourth-order valence-electron chi connectivity index (χ4n) is 3.25. The Kier molecular flexibility index (Phi) is 4.28. The van der Waals surface area contributed by atoms with Gasteiger partial charge in [-0.1, -0.05) is 17.7 Å². The van der Waals surface area contributed by atoms with E-state index in [1.54, 1.807) is 24.3 Å². The molecule has 7 heteroatoms. The molecule has 4 rings (SSSR count). The number of amides is 2. The molecule has 2 amide bonds. The number of likely N-dealkylation sites (tertiary alicyclic amines) is 1. The number of hydrogen-bond acceptors (Lipinski definition) is 3. The fraction of sp³-hybridized carbons (Fsp3) is 0.278. The molecular weight excluding hydrogens is 338 g/mol. The summed E-state index contributed by atoms with van der Waals surface area (Å²) in [6.07, 6.45) is 3.91. The van der Waals surface area contributed by atoms with Gasteiger partial charge in [0.15, 0.2) is 5.65 Å². The Bertz CT molecular complexity index is 892. The fourth-order valence-corrected chi connectivity index (χ4v) is 3.37. The second-order valence-electron chi connectivity index (χ2n) is 6.21. The summed E-state index contributed by atoms with van der Waals surface area (Å²) in [7, 11) is 0. The van der Waals surface area contributed by atoms with Crippen LogP contribution < -0.4 is 5.32 Å². The van der Waals surface area contributed by atoms with Gasteiger partial charge in [0.25, 0.3) is 0 Å². The highest BCUT2D eigenvalue weighted by Gasteiger charge is 2.27. The zero-order chi connectivity index (χ0) is 17.2. The molecule has 1 atom stereocenters. The molecule has 1 N–H and O–H groups in total. The third-order valence-electron chi connectivity index (χ3n) is 4.51. The zero-order valence-corrected chi connectivity index (χ0v) is 14.4. The van der Waals surface area contributed by atoms with Gasteiger partial charge < -0.3 is 10.2 Å². The zero-order valence-electron chi connectivity index (χ0n) is 13.6. The molecule has 1 aromatic carbocycles. The number of rotatable bonds is 2. The first-order valence-corrected chi connectivity index (χ1v) is 8.69. The van der Waals surface area contributed by atoms with Crippen molar-refractivity contribution in [1.82, 2.24) is 19.5 Å². The van der Waals surface area contributed by atoms with E-state index >= 15 is 0 Å². The Morgan fingerprint density at radius 2 is 2.00 bits per heavy atom. The van der Waals surface area contributed by atoms with Gasteiger partial charge in [-0.2, -0.15) is 0 Å². The van der Waals surface area contributed by atoms with Gasteiger partial charge in [0, 0.05) is 35.9 Å². The predicted molar refractivity (Wildman–Crippen MR) is 97.0 cm³/mol. The van der Waals surface area contributed by atoms with E-state index in [4.69, 9.17) is 11.6 Å². The third kappa shape index (κ3) is 3.30. The van der Waals surface area contributed by atoms with Gasteiger partial charge in [-0.3, -0.25) is 4.40 Å². The van der Waals surface area contributed by atoms with E-state index < -0.39 is 0 Å². The van der Waals surface area contributed by atoms with Crippen molar-refractivity contribution in [2.45, 2.75) is 18.8 Å². The number of nitrogens with one attached hydrogen (secondary N) is 1. The maximum atomic E-state index is 12.6. The van der Waals surface area contributed by atoms with Crippen LogP contribution in [0.2, 0.25) is 5.02 Å². The van der Waals surface area contributed by atoms with E-state index in [9.17, 15) is 4.79 Å². The van der Waals surface area contributed by atoms with Gasteiger partial charge >= 0.3 is 6.03 Å². The number of urea groups is 1. The van der Waals surface area contributed by atoms with Gasteiger partial charge in [0.2, 0.25) is 0 Å². The first kappa shape index (κ1) is 15.9. The van der Waals surface area contributed by atoms with E-state index in [-0.39, 0.29) is 11.9 Å². The molecule has 1 aliphatic heterocycles. The normalized spacial score (nSPS) is 17.6. The molecule has 0 aliphatic carbocycles. The van der Waals surface area contributed by atoms with Crippen LogP contribution in [-0.4, -0.2) is 38.6 Å². The molecular formula is C18H18ClN5O. The van der Waals surface area contributed by atoms with Crippen LogP contribution in [0.3, 0.4) is 0 Å². The molecule has 1 aliphatic rings. The van der Waals surface area contributed by atoms with Crippen molar-refractivity contribution in [3.05, 3.63) is 59.5 Å². The highest BCUT2D eigenvalue weighted by Crippen LogP contribution is 2.26. The molecule has 0 unspecified atom stereocenters. The van der Waals surface area contributed by atoms with Gasteiger partial charge in [0.1, 0.15) is 5.82 Å². The maximum Gasteiger partial charge on any atom is 0.321 e. The van der Waals surface area contributed by atoms with Gasteiger partial charge in [-0.05, 0) is 49.2 Å². The molecule has 3 heterocycles. The van der Waals surface area contributed by atoms with Crippen molar-refractivity contribution in [1.29, 1.82) is 0 Å². The smallest absolute Gasteiger partial charge is 0.321 e. The summed E-state index contributed by atoms with van der Waals surface area (Å²) in [6.45, 7) is 1.38. The van der Waals surface area contributed by atoms with Crippen molar-refractivity contribution >= 4 is 29.0 Å². The number of anilines is 1. The number of benzene rings is 1. The van der Waals surface area contributed by atoms with Crippen LogP contribution in [0, 0.1) is 0 Å². The summed E-state index contributed by atoms with van der Waals surface area (Å²) in [5.74, 6) is 1.10. The summed E-state index contributed by atoms with van der Waals surface area (Å²) in [6, 6.07) is 12.9. The lowest BCUT2D eigenvalue weighted by Gasteiger charge is -2.32. The maximum absolute atomic E-state index is 12.6. The average Bonchev–Trinajstić information content (AvgIpc) is 3.08. The summed E-state index contributed by atoms with van der Waals surface area (Å²) >= 11 is 5.88. The summed E-state index contributed by atoms with van der Waals surface area (Å²) in [5, 5.41) is 12.1. The van der Waals surface area contributed by atoms with Crippen LogP contribution in [0.5, 0.6) is 0 Å². The summed E-state index contributed by atoms with van der Waals surface area (Å²) < 4.78 is 2.01. The number of hydrogen-bond donors (Lipinski definition) is 1. The minimum absolute atomic E-state index is 0.0964. The number of aromatic nitrogens is 3. The topological polar surface area (TPSA) is 62.5 Å². The molecule has 2 aromatic heterocycles. The Labute approximate surface area is 150 Å². The second-order valence-corrected chi connectivity index (χ2v) is 6.65. The van der Waals surface area contributed by atoms with Gasteiger partial charge in [-0.25, -0.2) is 4.79 Å². The van der Waals surface area contributed by atoms with Crippen LogP contribution in [0.25, 0.3) is 5.65 Å². The monoisotopic (exact) mass is 355 g/mol. The molecule has 128 valence electrons. The Hall–Kier alpha value is -2.60. The minimum atomic E-state index is -0.0964. The first-order chi connectivity index (χ1) is 12.2. The predicted octanol–water partition coefficient (Wildman–Crippen LogP) is 3.79. The van der Waals surface area contributed by atoms with E-state index in [0.29, 0.717) is 11.6 Å². The van der Waals surface area contributed by atoms with Crippen molar-refractivity contribution < 1.29 is 4.79 Å². The highest BCUT2D eigenvalue weighted by atomic mass is 35.5. The molecule has 1 saturated heterocycles. The molecule has 0 bridgehead atoms. The lowest BCUT2D eigenvalue weighted by molar-refractivity contribution is 0.191. The van der Waals surface area contributed by atoms with Crippen LogP contribution in [0.4, 0.5) is 10.5 Å². The number of pyridine rings is 1. The molecule has 25 heavy (non-hydrogen) atoms. The van der Waals surface area contributed by atoms with Crippen LogP contribution >= 0.6 is 11.6 Å². The van der Waals surface area contributed by atoms with Crippen molar-refractivity contribution in [3.63, 3.8) is 0 Å². The average molecular weight is 356 g/mol. The lowest BCUT2D eigenvalue weighted by atomic mass is 9.97. The molecule has 0 spiro atoms. The number of nitrogens with zero attached hydrogens (tertiary/aromatic N) is 4. The third-order valence-corrected chi connectivity index (χ3v) is 4.76. The minimum Gasteiger partial charge on any atom is -0.324 e. The molecule has 0 saturated carbocycles.